The summed E-state index contributed by atoms with van der Waals surface area (Å²) in [5, 5.41) is 18.0. The van der Waals surface area contributed by atoms with Crippen LogP contribution >= 0.6 is 15.9 Å². The normalized spacial score (nSPS) is 10.8. The van der Waals surface area contributed by atoms with Crippen molar-refractivity contribution in [2.75, 3.05) is 0 Å². The van der Waals surface area contributed by atoms with Crippen molar-refractivity contribution < 1.29 is 5.11 Å². The first-order chi connectivity index (χ1) is 9.19. The summed E-state index contributed by atoms with van der Waals surface area (Å²) < 4.78 is 1.00. The molecule has 2 aromatic rings. The molecule has 0 aliphatic carbocycles. The van der Waals surface area contributed by atoms with E-state index in [1.165, 1.54) is 0 Å². The summed E-state index contributed by atoms with van der Waals surface area (Å²) in [7, 11) is 0. The van der Waals surface area contributed by atoms with Gasteiger partial charge in [0.15, 0.2) is 0 Å². The Kier molecular flexibility index (Phi) is 4.47. The Morgan fingerprint density at radius 1 is 1.05 bits per heavy atom. The van der Waals surface area contributed by atoms with E-state index in [0.717, 1.165) is 15.7 Å². The van der Waals surface area contributed by atoms with Crippen molar-refractivity contribution in [3.63, 3.8) is 0 Å². The van der Waals surface area contributed by atoms with E-state index in [1.54, 1.807) is 24.3 Å². The molecule has 0 bridgehead atoms. The fourth-order valence-corrected chi connectivity index (χ4v) is 1.84. The summed E-state index contributed by atoms with van der Waals surface area (Å²) in [6.07, 6.45) is 2.35. The molecule has 1 N–H and O–H groups in total. The van der Waals surface area contributed by atoms with Gasteiger partial charge in [0.25, 0.3) is 0 Å². The molecule has 0 radical (unpaired) electrons. The van der Waals surface area contributed by atoms with Crippen LogP contribution in [0.1, 0.15) is 5.56 Å². The van der Waals surface area contributed by atoms with Gasteiger partial charge in [-0.2, -0.15) is 10.2 Å². The number of rotatable bonds is 4. The van der Waals surface area contributed by atoms with Crippen LogP contribution in [0.25, 0.3) is 0 Å². The molecule has 0 saturated heterocycles. The maximum atomic E-state index is 9.66. The molecule has 0 amide bonds. The molecule has 0 atom stereocenters. The molecule has 0 spiro atoms. The summed E-state index contributed by atoms with van der Waals surface area (Å²) in [6.45, 7) is 3.66. The molecule has 0 unspecified atom stereocenters. The molecule has 3 nitrogen and oxygen atoms in total. The number of aromatic hydroxyl groups is 1. The number of phenolic OH excluding ortho intramolecular Hbond substituents is 1. The van der Waals surface area contributed by atoms with Crippen molar-refractivity contribution in [1.82, 2.24) is 0 Å². The van der Waals surface area contributed by atoms with Gasteiger partial charge in [0.1, 0.15) is 5.75 Å². The van der Waals surface area contributed by atoms with Gasteiger partial charge in [0.2, 0.25) is 0 Å². The number of phenols is 1. The minimum atomic E-state index is 0.252. The minimum Gasteiger partial charge on any atom is -0.508 e. The van der Waals surface area contributed by atoms with Gasteiger partial charge in [-0.05, 0) is 54.4 Å². The number of hydrogen-bond acceptors (Lipinski definition) is 3. The Labute approximate surface area is 120 Å². The maximum absolute atomic E-state index is 9.66. The molecule has 19 heavy (non-hydrogen) atoms. The summed E-state index contributed by atoms with van der Waals surface area (Å²) in [6, 6.07) is 12.7. The predicted octanol–water partition coefficient (Wildman–Crippen LogP) is 5.30. The average Bonchev–Trinajstić information content (AvgIpc) is 2.42. The van der Waals surface area contributed by atoms with Crippen molar-refractivity contribution >= 4 is 27.3 Å². The van der Waals surface area contributed by atoms with Gasteiger partial charge in [0, 0.05) is 4.47 Å². The van der Waals surface area contributed by atoms with Gasteiger partial charge in [-0.1, -0.05) is 22.0 Å². The largest absolute Gasteiger partial charge is 0.508 e. The van der Waals surface area contributed by atoms with Crippen LogP contribution in [-0.2, 0) is 6.42 Å². The molecule has 0 saturated carbocycles. The van der Waals surface area contributed by atoms with Crippen molar-refractivity contribution in [2.45, 2.75) is 6.42 Å². The zero-order valence-electron chi connectivity index (χ0n) is 10.3. The van der Waals surface area contributed by atoms with Crippen LogP contribution in [0, 0.1) is 0 Å². The van der Waals surface area contributed by atoms with E-state index in [1.807, 2.05) is 24.3 Å². The SMILES string of the molecule is C=CCc1cc(N=Nc2ccc(Br)cc2)ccc1O. The standard InChI is InChI=1S/C15H13BrN2O/c1-2-3-11-10-14(8-9-15(11)19)18-17-13-6-4-12(16)5-7-13/h2,4-10,19H,1,3H2. The van der Waals surface area contributed by atoms with Crippen LogP contribution in [0.2, 0.25) is 0 Å². The smallest absolute Gasteiger partial charge is 0.119 e. The van der Waals surface area contributed by atoms with Gasteiger partial charge in [0.05, 0.1) is 11.4 Å². The summed E-state index contributed by atoms with van der Waals surface area (Å²) >= 11 is 3.37. The zero-order valence-corrected chi connectivity index (χ0v) is 11.8. The average molecular weight is 317 g/mol. The van der Waals surface area contributed by atoms with Gasteiger partial charge in [-0.25, -0.2) is 0 Å². The molecule has 0 aromatic heterocycles. The van der Waals surface area contributed by atoms with E-state index in [9.17, 15) is 5.11 Å². The van der Waals surface area contributed by atoms with Crippen molar-refractivity contribution in [2.24, 2.45) is 10.2 Å². The first kappa shape index (κ1) is 13.5. The monoisotopic (exact) mass is 316 g/mol. The summed E-state index contributed by atoms with van der Waals surface area (Å²) in [5.41, 5.74) is 2.28. The van der Waals surface area contributed by atoms with Gasteiger partial charge in [-0.15, -0.1) is 6.58 Å². The molecule has 0 fully saturated rings. The lowest BCUT2D eigenvalue weighted by Gasteiger charge is -2.02. The topological polar surface area (TPSA) is 45.0 Å². The van der Waals surface area contributed by atoms with Crippen LogP contribution in [0.4, 0.5) is 11.4 Å². The number of azo groups is 1. The molecule has 2 rings (SSSR count). The van der Waals surface area contributed by atoms with E-state index in [0.29, 0.717) is 12.1 Å². The van der Waals surface area contributed by atoms with Gasteiger partial charge >= 0.3 is 0 Å². The Morgan fingerprint density at radius 3 is 2.37 bits per heavy atom. The molecular formula is C15H13BrN2O. The molecule has 0 heterocycles. The third-order valence-corrected chi connectivity index (χ3v) is 3.06. The highest BCUT2D eigenvalue weighted by molar-refractivity contribution is 9.10. The first-order valence-electron chi connectivity index (χ1n) is 5.79. The van der Waals surface area contributed by atoms with Crippen molar-refractivity contribution in [3.8, 4) is 5.75 Å². The Balaban J connectivity index is 2.20. The molecular weight excluding hydrogens is 304 g/mol. The van der Waals surface area contributed by atoms with Gasteiger partial charge in [-0.3, -0.25) is 0 Å². The summed E-state index contributed by atoms with van der Waals surface area (Å²) in [5.74, 6) is 0.252. The minimum absolute atomic E-state index is 0.252. The molecule has 96 valence electrons. The highest BCUT2D eigenvalue weighted by Gasteiger charge is 2.00. The molecule has 4 heteroatoms. The maximum Gasteiger partial charge on any atom is 0.119 e. The van der Waals surface area contributed by atoms with Crippen molar-refractivity contribution in [1.29, 1.82) is 0 Å². The highest BCUT2D eigenvalue weighted by Crippen LogP contribution is 2.26. The quantitative estimate of drug-likeness (QED) is 0.603. The van der Waals surface area contributed by atoms with E-state index in [2.05, 4.69) is 32.7 Å². The lowest BCUT2D eigenvalue weighted by molar-refractivity contribution is 0.470. The van der Waals surface area contributed by atoms with Gasteiger partial charge < -0.3 is 5.11 Å². The number of allylic oxidation sites excluding steroid dienone is 1. The number of nitrogens with zero attached hydrogens (tertiary/aromatic N) is 2. The Hall–Kier alpha value is -1.94. The summed E-state index contributed by atoms with van der Waals surface area (Å²) in [4.78, 5) is 0. The third kappa shape index (κ3) is 3.76. The number of benzene rings is 2. The highest BCUT2D eigenvalue weighted by atomic mass is 79.9. The Morgan fingerprint density at radius 2 is 1.68 bits per heavy atom. The second-order valence-corrected chi connectivity index (χ2v) is 4.90. The van der Waals surface area contributed by atoms with Crippen LogP contribution in [0.5, 0.6) is 5.75 Å². The fraction of sp³-hybridized carbons (Fsp3) is 0.0667. The molecule has 2 aromatic carbocycles. The van der Waals surface area contributed by atoms with Crippen LogP contribution in [0.15, 0.2) is 69.8 Å². The van der Waals surface area contributed by atoms with E-state index in [4.69, 9.17) is 0 Å². The first-order valence-corrected chi connectivity index (χ1v) is 6.58. The lowest BCUT2D eigenvalue weighted by atomic mass is 10.1. The lowest BCUT2D eigenvalue weighted by Crippen LogP contribution is -1.81. The second kappa shape index (κ2) is 6.29. The number of hydrogen-bond donors (Lipinski definition) is 1. The van der Waals surface area contributed by atoms with Crippen LogP contribution < -0.4 is 0 Å². The molecule has 0 aliphatic rings. The van der Waals surface area contributed by atoms with E-state index in [-0.39, 0.29) is 5.75 Å². The van der Waals surface area contributed by atoms with Crippen molar-refractivity contribution in [3.05, 3.63) is 65.2 Å². The third-order valence-electron chi connectivity index (χ3n) is 2.53. The fourth-order valence-electron chi connectivity index (χ4n) is 1.58. The number of halogens is 1. The zero-order chi connectivity index (χ0) is 13.7. The van der Waals surface area contributed by atoms with E-state index < -0.39 is 0 Å². The molecule has 0 aliphatic heterocycles. The predicted molar refractivity (Wildman–Crippen MR) is 80.3 cm³/mol. The second-order valence-electron chi connectivity index (χ2n) is 3.98. The Bertz CT molecular complexity index is 606. The van der Waals surface area contributed by atoms with Crippen LogP contribution in [0.3, 0.4) is 0 Å². The van der Waals surface area contributed by atoms with Crippen LogP contribution in [-0.4, -0.2) is 5.11 Å². The van der Waals surface area contributed by atoms with E-state index >= 15 is 0 Å².